The van der Waals surface area contributed by atoms with Crippen LogP contribution in [0.15, 0.2) is 11.6 Å². The maximum atomic E-state index is 12.3. The van der Waals surface area contributed by atoms with E-state index in [9.17, 15) is 15.0 Å². The Hall–Kier alpha value is -0.670. The molecule has 4 aliphatic carbocycles. The number of carbonyl (C=O) groups is 1. The lowest BCUT2D eigenvalue weighted by molar-refractivity contribution is -0.137. The van der Waals surface area contributed by atoms with Crippen LogP contribution in [0.4, 0.5) is 0 Å². The van der Waals surface area contributed by atoms with Gasteiger partial charge in [0.05, 0.1) is 12.2 Å². The predicted molar refractivity (Wildman–Crippen MR) is 79.5 cm³/mol. The summed E-state index contributed by atoms with van der Waals surface area (Å²) in [6.07, 6.45) is 6.60. The van der Waals surface area contributed by atoms with E-state index in [2.05, 4.69) is 19.9 Å². The Balaban J connectivity index is 1.76. The molecule has 0 radical (unpaired) electrons. The molecule has 3 nitrogen and oxygen atoms in total. The van der Waals surface area contributed by atoms with Crippen LogP contribution in [-0.2, 0) is 4.79 Å². The molecule has 0 saturated heterocycles. The van der Waals surface area contributed by atoms with Gasteiger partial charge in [-0.3, -0.25) is 4.79 Å². The van der Waals surface area contributed by atoms with Crippen LogP contribution in [0.25, 0.3) is 0 Å². The number of rotatable bonds is 0. The summed E-state index contributed by atoms with van der Waals surface area (Å²) in [6, 6.07) is 0. The van der Waals surface area contributed by atoms with Crippen molar-refractivity contribution in [2.75, 3.05) is 0 Å². The molecule has 4 rings (SSSR count). The molecule has 116 valence electrons. The Labute approximate surface area is 126 Å². The highest BCUT2D eigenvalue weighted by molar-refractivity contribution is 5.87. The van der Waals surface area contributed by atoms with Crippen molar-refractivity contribution < 1.29 is 15.0 Å². The standard InChI is InChI=1S/C18H26O3/c1-17-6-5-11(19)7-10(17)8-12-13-3-4-15(21)18(13,2)9-14(20)16(12)17/h8,11-14,16,19-20H,3-7,9H2,1-2H3/t11-,12?,13?,14+,16?,17-,18-/m0/s1. The van der Waals surface area contributed by atoms with Gasteiger partial charge in [-0.05, 0) is 49.4 Å². The normalized spacial score (nSPS) is 55.7. The minimum atomic E-state index is -0.382. The van der Waals surface area contributed by atoms with Crippen molar-refractivity contribution in [2.45, 2.75) is 64.6 Å². The van der Waals surface area contributed by atoms with E-state index >= 15 is 0 Å². The zero-order valence-electron chi connectivity index (χ0n) is 13.0. The first kappa shape index (κ1) is 14.0. The fraction of sp³-hybridized carbons (Fsp3) is 0.833. The number of fused-ring (bicyclic) bond motifs is 5. The molecule has 2 N–H and O–H groups in total. The summed E-state index contributed by atoms with van der Waals surface area (Å²) in [5.41, 5.74) is 1.06. The van der Waals surface area contributed by atoms with E-state index in [1.165, 1.54) is 5.57 Å². The highest BCUT2D eigenvalue weighted by atomic mass is 16.3. The molecule has 4 aliphatic rings. The van der Waals surface area contributed by atoms with Crippen LogP contribution in [0, 0.1) is 28.6 Å². The molecule has 0 aromatic carbocycles. The van der Waals surface area contributed by atoms with Gasteiger partial charge in [-0.15, -0.1) is 0 Å². The first-order chi connectivity index (χ1) is 9.86. The van der Waals surface area contributed by atoms with Gasteiger partial charge < -0.3 is 10.2 Å². The summed E-state index contributed by atoms with van der Waals surface area (Å²) >= 11 is 0. The fourth-order valence-electron chi connectivity index (χ4n) is 6.20. The van der Waals surface area contributed by atoms with Crippen LogP contribution in [0.5, 0.6) is 0 Å². The topological polar surface area (TPSA) is 57.5 Å². The lowest BCUT2D eigenvalue weighted by Crippen LogP contribution is -2.51. The molecular formula is C18H26O3. The summed E-state index contributed by atoms with van der Waals surface area (Å²) < 4.78 is 0. The number of hydrogen-bond donors (Lipinski definition) is 2. The second-order valence-electron chi connectivity index (χ2n) is 8.37. The van der Waals surface area contributed by atoms with E-state index in [4.69, 9.17) is 0 Å². The van der Waals surface area contributed by atoms with Gasteiger partial charge in [0, 0.05) is 17.8 Å². The van der Waals surface area contributed by atoms with Crippen molar-refractivity contribution in [2.24, 2.45) is 28.6 Å². The molecule has 0 aliphatic heterocycles. The maximum absolute atomic E-state index is 12.3. The molecule has 3 unspecified atom stereocenters. The van der Waals surface area contributed by atoms with Gasteiger partial charge in [-0.1, -0.05) is 25.5 Å². The van der Waals surface area contributed by atoms with Crippen LogP contribution in [0.1, 0.15) is 52.4 Å². The van der Waals surface area contributed by atoms with Gasteiger partial charge in [0.1, 0.15) is 5.78 Å². The molecule has 0 bridgehead atoms. The molecule has 3 heteroatoms. The number of carbonyl (C=O) groups excluding carboxylic acids is 1. The minimum Gasteiger partial charge on any atom is -0.393 e. The van der Waals surface area contributed by atoms with Crippen molar-refractivity contribution in [3.05, 3.63) is 11.6 Å². The molecule has 0 aromatic rings. The quantitative estimate of drug-likeness (QED) is 0.674. The third-order valence-corrected chi connectivity index (χ3v) is 7.38. The summed E-state index contributed by atoms with van der Waals surface area (Å²) in [4.78, 5) is 12.3. The molecule has 0 amide bonds. The van der Waals surface area contributed by atoms with Crippen molar-refractivity contribution >= 4 is 5.78 Å². The number of Topliss-reactive ketones (excluding diaryl/α,β-unsaturated/α-hetero) is 1. The number of hydrogen-bond acceptors (Lipinski definition) is 3. The fourth-order valence-corrected chi connectivity index (χ4v) is 6.20. The Bertz CT molecular complexity index is 525. The predicted octanol–water partition coefficient (Wildman–Crippen LogP) is 2.46. The Morgan fingerprint density at radius 3 is 2.71 bits per heavy atom. The lowest BCUT2D eigenvalue weighted by Gasteiger charge is -2.51. The Morgan fingerprint density at radius 2 is 1.95 bits per heavy atom. The number of ketones is 1. The van der Waals surface area contributed by atoms with Gasteiger partial charge in [0.2, 0.25) is 0 Å². The second kappa shape index (κ2) is 4.20. The smallest absolute Gasteiger partial charge is 0.139 e. The summed E-state index contributed by atoms with van der Waals surface area (Å²) in [5.74, 6) is 1.33. The number of allylic oxidation sites excluding steroid dienone is 1. The average molecular weight is 290 g/mol. The molecule has 3 saturated carbocycles. The first-order valence-electron chi connectivity index (χ1n) is 8.47. The molecule has 21 heavy (non-hydrogen) atoms. The number of aliphatic hydroxyl groups is 2. The molecule has 3 fully saturated rings. The zero-order valence-corrected chi connectivity index (χ0v) is 13.0. The molecule has 7 atom stereocenters. The Morgan fingerprint density at radius 1 is 1.19 bits per heavy atom. The van der Waals surface area contributed by atoms with E-state index in [0.29, 0.717) is 30.5 Å². The highest BCUT2D eigenvalue weighted by Gasteiger charge is 2.62. The first-order valence-corrected chi connectivity index (χ1v) is 8.47. The third kappa shape index (κ3) is 1.65. The molecule has 0 heterocycles. The van der Waals surface area contributed by atoms with Crippen LogP contribution in [0.3, 0.4) is 0 Å². The van der Waals surface area contributed by atoms with E-state index in [1.807, 2.05) is 0 Å². The summed E-state index contributed by atoms with van der Waals surface area (Å²) in [5, 5.41) is 20.8. The minimum absolute atomic E-state index is 0.0380. The summed E-state index contributed by atoms with van der Waals surface area (Å²) in [7, 11) is 0. The van der Waals surface area contributed by atoms with E-state index in [1.54, 1.807) is 0 Å². The largest absolute Gasteiger partial charge is 0.393 e. The highest BCUT2D eigenvalue weighted by Crippen LogP contribution is 2.65. The van der Waals surface area contributed by atoms with Gasteiger partial charge in [0.25, 0.3) is 0 Å². The third-order valence-electron chi connectivity index (χ3n) is 7.38. The Kier molecular flexibility index (Phi) is 2.79. The zero-order chi connectivity index (χ0) is 15.0. The van der Waals surface area contributed by atoms with Crippen molar-refractivity contribution in [3.63, 3.8) is 0 Å². The summed E-state index contributed by atoms with van der Waals surface area (Å²) in [6.45, 7) is 4.35. The van der Waals surface area contributed by atoms with Gasteiger partial charge >= 0.3 is 0 Å². The second-order valence-corrected chi connectivity index (χ2v) is 8.37. The van der Waals surface area contributed by atoms with Crippen LogP contribution < -0.4 is 0 Å². The SMILES string of the molecule is C[C@]12CC[C@H](O)CC1=CC1C2[C@H](O)C[C@]2(C)C(=O)CCC12. The monoisotopic (exact) mass is 290 g/mol. The van der Waals surface area contributed by atoms with E-state index < -0.39 is 0 Å². The average Bonchev–Trinajstić information content (AvgIpc) is 2.86. The number of aliphatic hydroxyl groups excluding tert-OH is 2. The van der Waals surface area contributed by atoms with Crippen LogP contribution in [0.2, 0.25) is 0 Å². The van der Waals surface area contributed by atoms with Gasteiger partial charge in [-0.2, -0.15) is 0 Å². The van der Waals surface area contributed by atoms with Crippen LogP contribution in [-0.4, -0.2) is 28.2 Å². The molecule has 0 spiro atoms. The van der Waals surface area contributed by atoms with E-state index in [-0.39, 0.29) is 29.0 Å². The lowest BCUT2D eigenvalue weighted by atomic mass is 9.54. The molecular weight excluding hydrogens is 264 g/mol. The maximum Gasteiger partial charge on any atom is 0.139 e. The van der Waals surface area contributed by atoms with E-state index in [0.717, 1.165) is 25.7 Å². The van der Waals surface area contributed by atoms with Gasteiger partial charge in [-0.25, -0.2) is 0 Å². The molecule has 0 aromatic heterocycles. The van der Waals surface area contributed by atoms with Crippen molar-refractivity contribution in [3.8, 4) is 0 Å². The van der Waals surface area contributed by atoms with Crippen molar-refractivity contribution in [1.82, 2.24) is 0 Å². The van der Waals surface area contributed by atoms with Crippen LogP contribution >= 0.6 is 0 Å². The van der Waals surface area contributed by atoms with Crippen molar-refractivity contribution in [1.29, 1.82) is 0 Å². The van der Waals surface area contributed by atoms with Gasteiger partial charge in [0.15, 0.2) is 0 Å².